The molecule has 0 saturated carbocycles. The number of rotatable bonds is 5. The van der Waals surface area contributed by atoms with E-state index in [-0.39, 0.29) is 23.5 Å². The van der Waals surface area contributed by atoms with Gasteiger partial charge in [0.1, 0.15) is 11.4 Å². The van der Waals surface area contributed by atoms with Crippen molar-refractivity contribution < 1.29 is 31.9 Å². The minimum absolute atomic E-state index is 0.180. The second-order valence-electron chi connectivity index (χ2n) is 7.11. The third-order valence-corrected chi connectivity index (χ3v) is 4.80. The Hall–Kier alpha value is -4.28. The van der Waals surface area contributed by atoms with Crippen LogP contribution in [0.3, 0.4) is 0 Å². The van der Waals surface area contributed by atoms with Gasteiger partial charge in [-0.2, -0.15) is 18.3 Å². The minimum Gasteiger partial charge on any atom is -0.462 e. The lowest BCUT2D eigenvalue weighted by atomic mass is 10.1. The Balaban J connectivity index is 1.65. The zero-order valence-corrected chi connectivity index (χ0v) is 17.6. The Morgan fingerprint density at radius 2 is 1.91 bits per heavy atom. The van der Waals surface area contributed by atoms with Crippen LogP contribution in [0.4, 0.5) is 23.2 Å². The van der Waals surface area contributed by atoms with E-state index in [1.165, 1.54) is 23.0 Å². The summed E-state index contributed by atoms with van der Waals surface area (Å²) in [7, 11) is 0. The van der Waals surface area contributed by atoms with Crippen LogP contribution in [-0.2, 0) is 10.9 Å². The topological polar surface area (TPSA) is 85.6 Å². The molecule has 1 N–H and O–H groups in total. The maximum atomic E-state index is 13.7. The normalized spacial score (nSPS) is 11.4. The molecule has 0 radical (unpaired) electrons. The summed E-state index contributed by atoms with van der Waals surface area (Å²) in [5.74, 6) is -2.66. The maximum Gasteiger partial charge on any atom is 0.416 e. The monoisotopic (exact) mass is 472 g/mol. The Morgan fingerprint density at radius 3 is 2.65 bits per heavy atom. The highest BCUT2D eigenvalue weighted by molar-refractivity contribution is 6.04. The Kier molecular flexibility index (Phi) is 6.01. The van der Waals surface area contributed by atoms with Crippen molar-refractivity contribution in [3.8, 4) is 11.3 Å². The molecular formula is C23H16F4N4O3. The van der Waals surface area contributed by atoms with Crippen molar-refractivity contribution in [3.05, 3.63) is 83.4 Å². The number of fused-ring (bicyclic) bond motifs is 1. The van der Waals surface area contributed by atoms with Gasteiger partial charge in [-0.15, -0.1) is 0 Å². The smallest absolute Gasteiger partial charge is 0.416 e. The molecule has 11 heteroatoms. The summed E-state index contributed by atoms with van der Waals surface area (Å²) in [4.78, 5) is 28.8. The average molecular weight is 472 g/mol. The summed E-state index contributed by atoms with van der Waals surface area (Å²) in [6.45, 7) is 1.86. The molecule has 0 bridgehead atoms. The molecule has 7 nitrogen and oxygen atoms in total. The van der Waals surface area contributed by atoms with Gasteiger partial charge in [-0.1, -0.05) is 12.1 Å². The maximum absolute atomic E-state index is 13.7. The molecule has 0 spiro atoms. The molecule has 4 rings (SSSR count). The van der Waals surface area contributed by atoms with E-state index in [1.807, 2.05) is 0 Å². The van der Waals surface area contributed by atoms with E-state index >= 15 is 0 Å². The molecule has 0 saturated heterocycles. The van der Waals surface area contributed by atoms with Gasteiger partial charge in [0, 0.05) is 23.0 Å². The zero-order chi connectivity index (χ0) is 24.5. The first-order valence-corrected chi connectivity index (χ1v) is 9.97. The van der Waals surface area contributed by atoms with Crippen molar-refractivity contribution in [3.63, 3.8) is 0 Å². The highest BCUT2D eigenvalue weighted by Crippen LogP contribution is 2.31. The molecule has 34 heavy (non-hydrogen) atoms. The van der Waals surface area contributed by atoms with E-state index in [2.05, 4.69) is 15.4 Å². The van der Waals surface area contributed by atoms with Gasteiger partial charge in [-0.3, -0.25) is 4.79 Å². The SMILES string of the molecule is CCOC(=O)c1cnn2c(-c3cccc(NC(=O)c4cc(F)cc(C(F)(F)F)c4)c3)ccnc12. The first-order valence-electron chi connectivity index (χ1n) is 9.97. The number of carbonyl (C=O) groups is 2. The highest BCUT2D eigenvalue weighted by atomic mass is 19.4. The lowest BCUT2D eigenvalue weighted by molar-refractivity contribution is -0.137. The number of amides is 1. The van der Waals surface area contributed by atoms with Gasteiger partial charge < -0.3 is 10.1 Å². The van der Waals surface area contributed by atoms with Gasteiger partial charge in [-0.25, -0.2) is 18.7 Å². The molecule has 2 aromatic heterocycles. The first kappa shape index (κ1) is 22.9. The number of esters is 1. The fourth-order valence-corrected chi connectivity index (χ4v) is 3.31. The van der Waals surface area contributed by atoms with Crippen LogP contribution >= 0.6 is 0 Å². The molecule has 4 aromatic rings. The van der Waals surface area contributed by atoms with Gasteiger partial charge in [0.05, 0.1) is 24.1 Å². The Labute approximate surface area is 190 Å². The highest BCUT2D eigenvalue weighted by Gasteiger charge is 2.32. The van der Waals surface area contributed by atoms with Crippen LogP contribution in [0.25, 0.3) is 16.9 Å². The predicted octanol–water partition coefficient (Wildman–Crippen LogP) is 4.98. The van der Waals surface area contributed by atoms with Crippen molar-refractivity contribution >= 4 is 23.2 Å². The van der Waals surface area contributed by atoms with Crippen LogP contribution in [0.2, 0.25) is 0 Å². The van der Waals surface area contributed by atoms with Crippen LogP contribution in [-0.4, -0.2) is 33.1 Å². The molecular weight excluding hydrogens is 456 g/mol. The molecule has 1 amide bonds. The third kappa shape index (κ3) is 4.58. The van der Waals surface area contributed by atoms with E-state index in [9.17, 15) is 27.2 Å². The fraction of sp³-hybridized carbons (Fsp3) is 0.130. The predicted molar refractivity (Wildman–Crippen MR) is 114 cm³/mol. The van der Waals surface area contributed by atoms with Crippen LogP contribution < -0.4 is 5.32 Å². The van der Waals surface area contributed by atoms with E-state index in [1.54, 1.807) is 31.2 Å². The summed E-state index contributed by atoms with van der Waals surface area (Å²) < 4.78 is 59.0. The van der Waals surface area contributed by atoms with Crippen molar-refractivity contribution in [1.29, 1.82) is 0 Å². The molecule has 0 aliphatic carbocycles. The number of carbonyl (C=O) groups excluding carboxylic acids is 2. The van der Waals surface area contributed by atoms with E-state index in [0.717, 1.165) is 6.07 Å². The largest absolute Gasteiger partial charge is 0.462 e. The number of nitrogens with one attached hydrogen (secondary N) is 1. The Bertz CT molecular complexity index is 1400. The quantitative estimate of drug-likeness (QED) is 0.327. The Morgan fingerprint density at radius 1 is 1.12 bits per heavy atom. The molecule has 2 heterocycles. The molecule has 2 aromatic carbocycles. The summed E-state index contributed by atoms with van der Waals surface area (Å²) >= 11 is 0. The molecule has 0 aliphatic rings. The van der Waals surface area contributed by atoms with Gasteiger partial charge in [0.25, 0.3) is 5.91 Å². The molecule has 174 valence electrons. The van der Waals surface area contributed by atoms with Crippen molar-refractivity contribution in [2.75, 3.05) is 11.9 Å². The lowest BCUT2D eigenvalue weighted by Gasteiger charge is -2.11. The summed E-state index contributed by atoms with van der Waals surface area (Å²) in [6.07, 6.45) is -1.99. The summed E-state index contributed by atoms with van der Waals surface area (Å²) in [5, 5.41) is 6.67. The van der Waals surface area contributed by atoms with Crippen LogP contribution in [0.1, 0.15) is 33.2 Å². The number of benzene rings is 2. The number of hydrogen-bond acceptors (Lipinski definition) is 5. The second kappa shape index (κ2) is 8.93. The van der Waals surface area contributed by atoms with Crippen LogP contribution in [0.15, 0.2) is 60.9 Å². The number of hydrogen-bond donors (Lipinski definition) is 1. The summed E-state index contributed by atoms with van der Waals surface area (Å²) in [6, 6.07) is 9.66. The minimum atomic E-state index is -4.80. The molecule has 0 aliphatic heterocycles. The number of ether oxygens (including phenoxy) is 1. The van der Waals surface area contributed by atoms with Crippen LogP contribution in [0, 0.1) is 5.82 Å². The molecule has 0 unspecified atom stereocenters. The van der Waals surface area contributed by atoms with E-state index < -0.39 is 35.0 Å². The third-order valence-electron chi connectivity index (χ3n) is 4.80. The zero-order valence-electron chi connectivity index (χ0n) is 17.6. The number of halogens is 4. The molecule has 0 fully saturated rings. The number of alkyl halides is 3. The van der Waals surface area contributed by atoms with Gasteiger partial charge in [0.2, 0.25) is 0 Å². The first-order chi connectivity index (χ1) is 16.2. The van der Waals surface area contributed by atoms with Gasteiger partial charge in [-0.05, 0) is 43.3 Å². The molecule has 0 atom stereocenters. The number of aromatic nitrogens is 3. The van der Waals surface area contributed by atoms with E-state index in [0.29, 0.717) is 23.4 Å². The van der Waals surface area contributed by atoms with Crippen molar-refractivity contribution in [2.24, 2.45) is 0 Å². The van der Waals surface area contributed by atoms with Crippen molar-refractivity contribution in [2.45, 2.75) is 13.1 Å². The average Bonchev–Trinajstić information content (AvgIpc) is 3.23. The van der Waals surface area contributed by atoms with E-state index in [4.69, 9.17) is 4.74 Å². The van der Waals surface area contributed by atoms with Crippen LogP contribution in [0.5, 0.6) is 0 Å². The number of nitrogens with zero attached hydrogens (tertiary/aromatic N) is 3. The fourth-order valence-electron chi connectivity index (χ4n) is 3.31. The number of anilines is 1. The summed E-state index contributed by atoms with van der Waals surface area (Å²) in [5.41, 5.74) is 0.0603. The van der Waals surface area contributed by atoms with Gasteiger partial charge >= 0.3 is 12.1 Å². The second-order valence-corrected chi connectivity index (χ2v) is 7.11. The van der Waals surface area contributed by atoms with Gasteiger partial charge in [0.15, 0.2) is 5.65 Å². The van der Waals surface area contributed by atoms with Crippen molar-refractivity contribution in [1.82, 2.24) is 14.6 Å². The lowest BCUT2D eigenvalue weighted by Crippen LogP contribution is -2.14. The standard InChI is InChI=1S/C23H16F4N4O3/c1-2-34-22(33)18-12-29-31-19(6-7-28-20(18)31)13-4-3-5-17(10-13)30-21(32)14-8-15(23(25,26)27)11-16(24)9-14/h3-12H,2H2,1H3,(H,30,32).